The molecule has 5 nitrogen and oxygen atoms in total. The first-order valence-electron chi connectivity index (χ1n) is 8.49. The summed E-state index contributed by atoms with van der Waals surface area (Å²) in [6.45, 7) is 0. The first-order valence-corrected chi connectivity index (χ1v) is 9.75. The van der Waals surface area contributed by atoms with E-state index in [0.717, 1.165) is 18.4 Å². The minimum absolute atomic E-state index is 0.119. The van der Waals surface area contributed by atoms with Crippen LogP contribution in [-0.2, 0) is 4.79 Å². The molecule has 8 heteroatoms. The highest BCUT2D eigenvalue weighted by Crippen LogP contribution is 2.35. The number of nitrogens with one attached hydrogen (secondary N) is 2. The average Bonchev–Trinajstić information content (AvgIpc) is 3.35. The van der Waals surface area contributed by atoms with E-state index in [9.17, 15) is 9.18 Å². The van der Waals surface area contributed by atoms with Gasteiger partial charge in [-0.15, -0.1) is 5.10 Å². The molecule has 1 saturated carbocycles. The SMILES string of the molecule is O=C(NC1CC1)C(Sc1n[nH]c(-c2ccc(Cl)cc2)n1)c1ccc(F)cc1. The number of halogens is 2. The van der Waals surface area contributed by atoms with Gasteiger partial charge in [0.2, 0.25) is 11.1 Å². The molecular formula is C19H16ClFN4OS. The van der Waals surface area contributed by atoms with E-state index in [1.807, 2.05) is 12.1 Å². The van der Waals surface area contributed by atoms with Gasteiger partial charge in [-0.3, -0.25) is 9.89 Å². The number of benzene rings is 2. The molecule has 1 heterocycles. The van der Waals surface area contributed by atoms with Crippen molar-refractivity contribution >= 4 is 29.3 Å². The second-order valence-corrected chi connectivity index (χ2v) is 7.81. The number of amides is 1. The van der Waals surface area contributed by atoms with Crippen LogP contribution in [0.3, 0.4) is 0 Å². The largest absolute Gasteiger partial charge is 0.352 e. The molecule has 0 spiro atoms. The van der Waals surface area contributed by atoms with Crippen LogP contribution in [-0.4, -0.2) is 27.1 Å². The average molecular weight is 403 g/mol. The van der Waals surface area contributed by atoms with Crippen LogP contribution in [0, 0.1) is 5.82 Å². The van der Waals surface area contributed by atoms with E-state index in [1.54, 1.807) is 24.3 Å². The van der Waals surface area contributed by atoms with Gasteiger partial charge in [-0.1, -0.05) is 35.5 Å². The molecule has 27 heavy (non-hydrogen) atoms. The fraction of sp³-hybridized carbons (Fsp3) is 0.211. The molecule has 0 bridgehead atoms. The lowest BCUT2D eigenvalue weighted by atomic mass is 10.1. The van der Waals surface area contributed by atoms with Crippen molar-refractivity contribution in [1.82, 2.24) is 20.5 Å². The maximum atomic E-state index is 13.3. The number of aromatic nitrogens is 3. The highest BCUT2D eigenvalue weighted by atomic mass is 35.5. The Morgan fingerprint density at radius 1 is 1.19 bits per heavy atom. The Kier molecular flexibility index (Phi) is 5.13. The Morgan fingerprint density at radius 2 is 1.89 bits per heavy atom. The van der Waals surface area contributed by atoms with Gasteiger partial charge in [0, 0.05) is 16.6 Å². The summed E-state index contributed by atoms with van der Waals surface area (Å²) in [7, 11) is 0. The second-order valence-electron chi connectivity index (χ2n) is 6.31. The first-order chi connectivity index (χ1) is 13.1. The number of carbonyl (C=O) groups excluding carboxylic acids is 1. The molecule has 3 aromatic rings. The monoisotopic (exact) mass is 402 g/mol. The number of aromatic amines is 1. The van der Waals surface area contributed by atoms with E-state index in [-0.39, 0.29) is 17.8 Å². The Labute approximate surface area is 164 Å². The van der Waals surface area contributed by atoms with Crippen LogP contribution in [0.4, 0.5) is 4.39 Å². The van der Waals surface area contributed by atoms with Gasteiger partial charge in [-0.2, -0.15) is 0 Å². The van der Waals surface area contributed by atoms with Crippen LogP contribution in [0.2, 0.25) is 5.02 Å². The molecule has 0 saturated heterocycles. The van der Waals surface area contributed by atoms with Gasteiger partial charge in [0.15, 0.2) is 5.82 Å². The molecule has 2 aromatic carbocycles. The van der Waals surface area contributed by atoms with Crippen LogP contribution in [0.5, 0.6) is 0 Å². The predicted octanol–water partition coefficient (Wildman–Crippen LogP) is 4.38. The van der Waals surface area contributed by atoms with Crippen molar-refractivity contribution in [3.05, 3.63) is 64.9 Å². The van der Waals surface area contributed by atoms with Crippen LogP contribution in [0.25, 0.3) is 11.4 Å². The first kappa shape index (κ1) is 18.0. The number of hydrogen-bond donors (Lipinski definition) is 2. The smallest absolute Gasteiger partial charge is 0.238 e. The molecule has 0 aliphatic heterocycles. The van der Waals surface area contributed by atoms with Crippen LogP contribution < -0.4 is 5.32 Å². The Bertz CT molecular complexity index is 941. The molecule has 1 aliphatic rings. The van der Waals surface area contributed by atoms with E-state index >= 15 is 0 Å². The summed E-state index contributed by atoms with van der Waals surface area (Å²) in [6.07, 6.45) is 1.99. The van der Waals surface area contributed by atoms with E-state index < -0.39 is 5.25 Å². The van der Waals surface area contributed by atoms with Crippen molar-refractivity contribution in [2.24, 2.45) is 0 Å². The van der Waals surface area contributed by atoms with Crippen molar-refractivity contribution in [3.63, 3.8) is 0 Å². The summed E-state index contributed by atoms with van der Waals surface area (Å²) in [5.74, 6) is 0.134. The van der Waals surface area contributed by atoms with Crippen molar-refractivity contribution < 1.29 is 9.18 Å². The third-order valence-corrected chi connectivity index (χ3v) is 5.51. The summed E-state index contributed by atoms with van der Waals surface area (Å²) >= 11 is 7.14. The summed E-state index contributed by atoms with van der Waals surface area (Å²) in [5, 5.41) is 10.6. The number of carbonyl (C=O) groups is 1. The van der Waals surface area contributed by atoms with Crippen LogP contribution >= 0.6 is 23.4 Å². The molecule has 1 atom stereocenters. The number of thioether (sulfide) groups is 1. The number of nitrogens with zero attached hydrogens (tertiary/aromatic N) is 2. The highest BCUT2D eigenvalue weighted by molar-refractivity contribution is 8.00. The van der Waals surface area contributed by atoms with Crippen molar-refractivity contribution in [3.8, 4) is 11.4 Å². The zero-order valence-corrected chi connectivity index (χ0v) is 15.7. The van der Waals surface area contributed by atoms with E-state index in [2.05, 4.69) is 20.5 Å². The zero-order chi connectivity index (χ0) is 18.8. The minimum atomic E-state index is -0.555. The molecule has 4 rings (SSSR count). The van der Waals surface area contributed by atoms with Crippen LogP contribution in [0.15, 0.2) is 53.7 Å². The summed E-state index contributed by atoms with van der Waals surface area (Å²) < 4.78 is 13.3. The molecule has 1 aromatic heterocycles. The summed E-state index contributed by atoms with van der Waals surface area (Å²) in [4.78, 5) is 17.2. The van der Waals surface area contributed by atoms with E-state index in [4.69, 9.17) is 11.6 Å². The Hall–Kier alpha value is -2.38. The number of rotatable bonds is 6. The standard InChI is InChI=1S/C19H16ClFN4OS/c20-13-5-1-12(2-6-13)17-23-19(25-24-17)27-16(18(26)22-15-9-10-15)11-3-7-14(21)8-4-11/h1-8,15-16H,9-10H2,(H,22,26)(H,23,24,25). The van der Waals surface area contributed by atoms with E-state index in [1.165, 1.54) is 23.9 Å². The number of hydrogen-bond acceptors (Lipinski definition) is 4. The lowest BCUT2D eigenvalue weighted by Crippen LogP contribution is -2.29. The molecule has 1 amide bonds. The third-order valence-electron chi connectivity index (χ3n) is 4.14. The third kappa shape index (κ3) is 4.48. The quantitative estimate of drug-likeness (QED) is 0.600. The van der Waals surface area contributed by atoms with Gasteiger partial charge in [0.05, 0.1) is 0 Å². The van der Waals surface area contributed by atoms with Crippen molar-refractivity contribution in [2.75, 3.05) is 0 Å². The molecular weight excluding hydrogens is 387 g/mol. The summed E-state index contributed by atoms with van der Waals surface area (Å²) in [5.41, 5.74) is 1.55. The molecule has 1 aliphatic carbocycles. The summed E-state index contributed by atoms with van der Waals surface area (Å²) in [6, 6.07) is 13.4. The van der Waals surface area contributed by atoms with Crippen molar-refractivity contribution in [1.29, 1.82) is 0 Å². The fourth-order valence-corrected chi connectivity index (χ4v) is 3.60. The normalized spacial score (nSPS) is 14.7. The van der Waals surface area contributed by atoms with Gasteiger partial charge < -0.3 is 5.32 Å². The van der Waals surface area contributed by atoms with Crippen molar-refractivity contribution in [2.45, 2.75) is 29.3 Å². The lowest BCUT2D eigenvalue weighted by Gasteiger charge is -2.15. The van der Waals surface area contributed by atoms with E-state index in [0.29, 0.717) is 21.6 Å². The minimum Gasteiger partial charge on any atom is -0.352 e. The maximum Gasteiger partial charge on any atom is 0.238 e. The maximum absolute atomic E-state index is 13.3. The molecule has 1 fully saturated rings. The lowest BCUT2D eigenvalue weighted by molar-refractivity contribution is -0.120. The Morgan fingerprint density at radius 3 is 2.56 bits per heavy atom. The van der Waals surface area contributed by atoms with Gasteiger partial charge in [0.1, 0.15) is 11.1 Å². The Balaban J connectivity index is 1.56. The number of H-pyrrole nitrogens is 1. The van der Waals surface area contributed by atoms with Gasteiger partial charge >= 0.3 is 0 Å². The topological polar surface area (TPSA) is 70.7 Å². The van der Waals surface area contributed by atoms with Gasteiger partial charge in [-0.05, 0) is 54.8 Å². The fourth-order valence-electron chi connectivity index (χ4n) is 2.56. The molecule has 0 radical (unpaired) electrons. The van der Waals surface area contributed by atoms with Gasteiger partial charge in [0.25, 0.3) is 0 Å². The van der Waals surface area contributed by atoms with Gasteiger partial charge in [-0.25, -0.2) is 9.37 Å². The second kappa shape index (κ2) is 7.70. The molecule has 1 unspecified atom stereocenters. The predicted molar refractivity (Wildman–Crippen MR) is 103 cm³/mol. The highest BCUT2D eigenvalue weighted by Gasteiger charge is 2.30. The van der Waals surface area contributed by atoms with Crippen LogP contribution in [0.1, 0.15) is 23.7 Å². The molecule has 2 N–H and O–H groups in total. The molecule has 138 valence electrons. The zero-order valence-electron chi connectivity index (χ0n) is 14.2.